The normalized spacial score (nSPS) is 11.5. The number of carbonyl (C=O) groups is 2. The molecule has 6 nitrogen and oxygen atoms in total. The van der Waals surface area contributed by atoms with Crippen molar-refractivity contribution in [2.45, 2.75) is 60.4 Å². The Bertz CT molecular complexity index is 1130. The number of amides is 2. The Labute approximate surface area is 215 Å². The number of ether oxygens (including phenoxy) is 1. The average Bonchev–Trinajstić information content (AvgIpc) is 3.24. The van der Waals surface area contributed by atoms with Gasteiger partial charge in [-0.05, 0) is 54.5 Å². The summed E-state index contributed by atoms with van der Waals surface area (Å²) >= 11 is 0. The Kier molecular flexibility index (Phi) is 9.57. The van der Waals surface area contributed by atoms with Crippen LogP contribution in [0.15, 0.2) is 54.7 Å². The lowest BCUT2D eigenvalue weighted by atomic mass is 9.91. The first-order chi connectivity index (χ1) is 17.2. The molecule has 0 aliphatic rings. The van der Waals surface area contributed by atoms with Gasteiger partial charge in [-0.25, -0.2) is 0 Å². The smallest absolute Gasteiger partial charge is 0.242 e. The molecule has 0 atom stereocenters. The highest BCUT2D eigenvalue weighted by Gasteiger charge is 2.25. The number of fused-ring (bicyclic) bond motifs is 1. The molecule has 194 valence electrons. The van der Waals surface area contributed by atoms with Crippen molar-refractivity contribution >= 4 is 22.7 Å². The molecule has 2 aromatic carbocycles. The van der Waals surface area contributed by atoms with E-state index in [0.717, 1.165) is 29.7 Å². The molecule has 0 aliphatic carbocycles. The molecule has 0 radical (unpaired) electrons. The molecule has 0 spiro atoms. The molecular formula is C30H41N3O3. The lowest BCUT2D eigenvalue weighted by molar-refractivity contribution is -0.142. The maximum atomic E-state index is 13.6. The zero-order chi connectivity index (χ0) is 26.1. The molecule has 0 fully saturated rings. The van der Waals surface area contributed by atoms with E-state index in [1.807, 2.05) is 61.3 Å². The molecule has 2 amide bonds. The molecule has 3 aromatic rings. The fraction of sp³-hybridized carbons (Fsp3) is 0.467. The highest BCUT2D eigenvalue weighted by atomic mass is 16.5. The summed E-state index contributed by atoms with van der Waals surface area (Å²) in [5.41, 5.74) is 3.19. The van der Waals surface area contributed by atoms with Gasteiger partial charge in [-0.3, -0.25) is 9.59 Å². The SMILES string of the molecule is CCCN(CC(=O)N(CCc1c[nH]c2ccccc12)Cc1ccc(OCC)cc1)C(=O)CC(C)(C)C. The van der Waals surface area contributed by atoms with Crippen LogP contribution in [0.4, 0.5) is 0 Å². The van der Waals surface area contributed by atoms with E-state index in [1.165, 1.54) is 10.9 Å². The Morgan fingerprint density at radius 1 is 0.917 bits per heavy atom. The maximum absolute atomic E-state index is 13.6. The Balaban J connectivity index is 1.77. The standard InChI is InChI=1S/C30H41N3O3/c1-6-17-32(28(34)19-30(3,4)5)22-29(35)33(21-23-12-14-25(15-13-23)36-7-2)18-16-24-20-31-27-11-9-8-10-26(24)27/h8-15,20,31H,6-7,16-19,21-22H2,1-5H3. The van der Waals surface area contributed by atoms with Crippen LogP contribution in [0.2, 0.25) is 0 Å². The number of carbonyl (C=O) groups excluding carboxylic acids is 2. The van der Waals surface area contributed by atoms with Crippen molar-refractivity contribution in [3.05, 3.63) is 65.9 Å². The van der Waals surface area contributed by atoms with E-state index in [0.29, 0.717) is 32.7 Å². The van der Waals surface area contributed by atoms with Crippen molar-refractivity contribution in [3.8, 4) is 5.75 Å². The topological polar surface area (TPSA) is 65.6 Å². The number of benzene rings is 2. The van der Waals surface area contributed by atoms with Gasteiger partial charge in [0.05, 0.1) is 13.2 Å². The van der Waals surface area contributed by atoms with Crippen molar-refractivity contribution in [2.75, 3.05) is 26.2 Å². The average molecular weight is 492 g/mol. The van der Waals surface area contributed by atoms with E-state index in [4.69, 9.17) is 4.74 Å². The second kappa shape index (κ2) is 12.6. The van der Waals surface area contributed by atoms with Gasteiger partial charge in [-0.1, -0.05) is 58.0 Å². The van der Waals surface area contributed by atoms with E-state index in [-0.39, 0.29) is 23.8 Å². The summed E-state index contributed by atoms with van der Waals surface area (Å²) in [7, 11) is 0. The van der Waals surface area contributed by atoms with Gasteiger partial charge in [0.1, 0.15) is 5.75 Å². The Morgan fingerprint density at radius 3 is 2.31 bits per heavy atom. The molecule has 0 unspecified atom stereocenters. The fourth-order valence-corrected chi connectivity index (χ4v) is 4.35. The van der Waals surface area contributed by atoms with Crippen LogP contribution >= 0.6 is 0 Å². The number of para-hydroxylation sites is 1. The predicted octanol–water partition coefficient (Wildman–Crippen LogP) is 5.81. The summed E-state index contributed by atoms with van der Waals surface area (Å²) in [5.74, 6) is 0.828. The van der Waals surface area contributed by atoms with E-state index in [1.54, 1.807) is 4.90 Å². The zero-order valence-corrected chi connectivity index (χ0v) is 22.5. The number of nitrogens with zero attached hydrogens (tertiary/aromatic N) is 2. The van der Waals surface area contributed by atoms with Crippen LogP contribution < -0.4 is 4.74 Å². The van der Waals surface area contributed by atoms with Crippen molar-refractivity contribution in [2.24, 2.45) is 5.41 Å². The molecule has 1 heterocycles. The number of aromatic amines is 1. The van der Waals surface area contributed by atoms with Crippen LogP contribution in [0.25, 0.3) is 10.9 Å². The van der Waals surface area contributed by atoms with Crippen molar-refractivity contribution in [3.63, 3.8) is 0 Å². The first-order valence-electron chi connectivity index (χ1n) is 13.0. The molecule has 3 rings (SSSR count). The monoisotopic (exact) mass is 491 g/mol. The van der Waals surface area contributed by atoms with Gasteiger partial charge in [0.2, 0.25) is 11.8 Å². The number of hydrogen-bond acceptors (Lipinski definition) is 3. The Hall–Kier alpha value is -3.28. The van der Waals surface area contributed by atoms with Gasteiger partial charge >= 0.3 is 0 Å². The maximum Gasteiger partial charge on any atom is 0.242 e. The molecule has 0 aliphatic heterocycles. The van der Waals surface area contributed by atoms with Crippen LogP contribution in [0.5, 0.6) is 5.75 Å². The molecular weight excluding hydrogens is 450 g/mol. The van der Waals surface area contributed by atoms with Gasteiger partial charge in [-0.15, -0.1) is 0 Å². The highest BCUT2D eigenvalue weighted by Crippen LogP contribution is 2.21. The Morgan fingerprint density at radius 2 is 1.64 bits per heavy atom. The summed E-state index contributed by atoms with van der Waals surface area (Å²) in [6.07, 6.45) is 4.00. The van der Waals surface area contributed by atoms with Crippen molar-refractivity contribution in [1.29, 1.82) is 0 Å². The molecule has 0 bridgehead atoms. The highest BCUT2D eigenvalue weighted by molar-refractivity contribution is 5.85. The first-order valence-corrected chi connectivity index (χ1v) is 13.0. The zero-order valence-electron chi connectivity index (χ0n) is 22.5. The minimum absolute atomic E-state index is 0.0283. The van der Waals surface area contributed by atoms with Gasteiger partial charge in [0.25, 0.3) is 0 Å². The van der Waals surface area contributed by atoms with Crippen LogP contribution in [-0.2, 0) is 22.6 Å². The molecule has 0 saturated carbocycles. The number of hydrogen-bond donors (Lipinski definition) is 1. The second-order valence-electron chi connectivity index (χ2n) is 10.6. The third-order valence-corrected chi connectivity index (χ3v) is 6.14. The van der Waals surface area contributed by atoms with Gasteiger partial charge in [0, 0.05) is 43.2 Å². The van der Waals surface area contributed by atoms with E-state index < -0.39 is 0 Å². The third kappa shape index (κ3) is 7.87. The summed E-state index contributed by atoms with van der Waals surface area (Å²) in [6, 6.07) is 16.1. The molecule has 1 N–H and O–H groups in total. The number of rotatable bonds is 12. The quantitative estimate of drug-likeness (QED) is 0.348. The summed E-state index contributed by atoms with van der Waals surface area (Å²) in [5, 5.41) is 1.18. The van der Waals surface area contributed by atoms with Crippen LogP contribution in [0, 0.1) is 5.41 Å². The van der Waals surface area contributed by atoms with Gasteiger partial charge in [0.15, 0.2) is 0 Å². The van der Waals surface area contributed by atoms with E-state index in [2.05, 4.69) is 37.9 Å². The van der Waals surface area contributed by atoms with E-state index >= 15 is 0 Å². The summed E-state index contributed by atoms with van der Waals surface area (Å²) < 4.78 is 5.57. The third-order valence-electron chi connectivity index (χ3n) is 6.14. The molecule has 0 saturated heterocycles. The van der Waals surface area contributed by atoms with Crippen molar-refractivity contribution in [1.82, 2.24) is 14.8 Å². The van der Waals surface area contributed by atoms with Crippen LogP contribution in [0.1, 0.15) is 58.6 Å². The molecule has 1 aromatic heterocycles. The predicted molar refractivity (Wildman–Crippen MR) is 146 cm³/mol. The largest absolute Gasteiger partial charge is 0.494 e. The minimum Gasteiger partial charge on any atom is -0.494 e. The van der Waals surface area contributed by atoms with Crippen LogP contribution in [-0.4, -0.2) is 52.8 Å². The second-order valence-corrected chi connectivity index (χ2v) is 10.6. The molecule has 36 heavy (non-hydrogen) atoms. The van der Waals surface area contributed by atoms with Gasteiger partial charge < -0.3 is 19.5 Å². The molecule has 6 heteroatoms. The van der Waals surface area contributed by atoms with Crippen molar-refractivity contribution < 1.29 is 14.3 Å². The first kappa shape index (κ1) is 27.3. The summed E-state index contributed by atoms with van der Waals surface area (Å²) in [6.45, 7) is 12.5. The summed E-state index contributed by atoms with van der Waals surface area (Å²) in [4.78, 5) is 33.5. The van der Waals surface area contributed by atoms with Gasteiger partial charge in [-0.2, -0.15) is 0 Å². The fourth-order valence-electron chi connectivity index (χ4n) is 4.35. The number of nitrogens with one attached hydrogen (secondary N) is 1. The lowest BCUT2D eigenvalue weighted by Crippen LogP contribution is -2.44. The number of aromatic nitrogens is 1. The minimum atomic E-state index is -0.122. The van der Waals surface area contributed by atoms with E-state index in [9.17, 15) is 9.59 Å². The number of H-pyrrole nitrogens is 1. The van der Waals surface area contributed by atoms with Crippen LogP contribution in [0.3, 0.4) is 0 Å². The lowest BCUT2D eigenvalue weighted by Gasteiger charge is -2.29.